The molecule has 0 saturated carbocycles. The fourth-order valence-corrected chi connectivity index (χ4v) is 4.08. The van der Waals surface area contributed by atoms with Crippen LogP contribution in [0.1, 0.15) is 12.8 Å². The minimum atomic E-state index is -3.93. The molecule has 1 N–H and O–H groups in total. The van der Waals surface area contributed by atoms with Crippen molar-refractivity contribution in [2.75, 3.05) is 13.1 Å². The van der Waals surface area contributed by atoms with Crippen LogP contribution in [-0.4, -0.2) is 41.9 Å². The Kier molecular flexibility index (Phi) is 3.73. The summed E-state index contributed by atoms with van der Waals surface area (Å²) in [7, 11) is -3.93. The molecule has 0 radical (unpaired) electrons. The number of nitrogens with zero attached hydrogens (tertiary/aromatic N) is 2. The van der Waals surface area contributed by atoms with Gasteiger partial charge in [0.15, 0.2) is 0 Å². The van der Waals surface area contributed by atoms with Gasteiger partial charge in [-0.2, -0.15) is 9.40 Å². The molecule has 1 aliphatic heterocycles. The van der Waals surface area contributed by atoms with Crippen molar-refractivity contribution in [1.82, 2.24) is 14.5 Å². The van der Waals surface area contributed by atoms with Crippen LogP contribution in [0.3, 0.4) is 0 Å². The van der Waals surface area contributed by atoms with Crippen molar-refractivity contribution in [2.24, 2.45) is 0 Å². The largest absolute Gasteiger partial charge is 0.278 e. The first-order valence-corrected chi connectivity index (χ1v) is 8.30. The molecule has 3 rings (SSSR count). The van der Waals surface area contributed by atoms with Gasteiger partial charge in [-0.25, -0.2) is 17.2 Å². The van der Waals surface area contributed by atoms with Crippen LogP contribution >= 0.6 is 0 Å². The SMILES string of the molecule is O=S(=O)(c1cccc(-c2ccn[nH]2)c1)N1CCCC(F)(F)C1. The normalized spacial score (nSPS) is 19.2. The van der Waals surface area contributed by atoms with Gasteiger partial charge in [0, 0.05) is 24.7 Å². The number of H-pyrrole nitrogens is 1. The predicted molar refractivity (Wildman–Crippen MR) is 77.0 cm³/mol. The first-order valence-electron chi connectivity index (χ1n) is 6.86. The van der Waals surface area contributed by atoms with Crippen molar-refractivity contribution >= 4 is 10.0 Å². The summed E-state index contributed by atoms with van der Waals surface area (Å²) in [5, 5.41) is 6.56. The highest BCUT2D eigenvalue weighted by Crippen LogP contribution is 2.31. The highest BCUT2D eigenvalue weighted by atomic mass is 32.2. The Labute approximate surface area is 127 Å². The lowest BCUT2D eigenvalue weighted by Crippen LogP contribution is -2.45. The van der Waals surface area contributed by atoms with Crippen molar-refractivity contribution < 1.29 is 17.2 Å². The third kappa shape index (κ3) is 2.89. The van der Waals surface area contributed by atoms with Crippen LogP contribution in [0.5, 0.6) is 0 Å². The lowest BCUT2D eigenvalue weighted by Gasteiger charge is -2.31. The minimum Gasteiger partial charge on any atom is -0.278 e. The molecular formula is C14H15F2N3O2S. The van der Waals surface area contributed by atoms with Crippen molar-refractivity contribution in [1.29, 1.82) is 0 Å². The number of rotatable bonds is 3. The predicted octanol–water partition coefficient (Wildman–Crippen LogP) is 2.50. The number of aromatic nitrogens is 2. The lowest BCUT2D eigenvalue weighted by molar-refractivity contribution is -0.0434. The Balaban J connectivity index is 1.94. The zero-order valence-corrected chi connectivity index (χ0v) is 12.5. The molecule has 0 amide bonds. The third-order valence-electron chi connectivity index (χ3n) is 3.64. The van der Waals surface area contributed by atoms with Crippen LogP contribution in [0.4, 0.5) is 8.78 Å². The number of alkyl halides is 2. The van der Waals surface area contributed by atoms with Gasteiger partial charge >= 0.3 is 0 Å². The topological polar surface area (TPSA) is 66.1 Å². The Morgan fingerprint density at radius 2 is 2.09 bits per heavy atom. The standard InChI is InChI=1S/C14H15F2N3O2S/c15-14(16)6-2-8-19(10-14)22(20,21)12-4-1-3-11(9-12)13-5-7-17-18-13/h1,3-5,7,9H,2,6,8,10H2,(H,17,18). The van der Waals surface area contributed by atoms with E-state index in [9.17, 15) is 17.2 Å². The average molecular weight is 327 g/mol. The zero-order valence-electron chi connectivity index (χ0n) is 11.7. The number of hydrogen-bond acceptors (Lipinski definition) is 3. The zero-order chi connectivity index (χ0) is 15.8. The minimum absolute atomic E-state index is 0.0114. The molecule has 0 aliphatic carbocycles. The summed E-state index contributed by atoms with van der Waals surface area (Å²) in [6.45, 7) is -0.643. The molecule has 1 aromatic carbocycles. The van der Waals surface area contributed by atoms with Gasteiger partial charge in [-0.3, -0.25) is 5.10 Å². The molecule has 5 nitrogen and oxygen atoms in total. The Morgan fingerprint density at radius 1 is 1.27 bits per heavy atom. The van der Waals surface area contributed by atoms with Crippen LogP contribution in [-0.2, 0) is 10.0 Å². The molecule has 1 fully saturated rings. The molecule has 1 saturated heterocycles. The van der Waals surface area contributed by atoms with Crippen LogP contribution in [0.15, 0.2) is 41.4 Å². The van der Waals surface area contributed by atoms with E-state index >= 15 is 0 Å². The molecule has 0 unspecified atom stereocenters. The number of benzene rings is 1. The Hall–Kier alpha value is -1.80. The second-order valence-corrected chi connectivity index (χ2v) is 7.23. The van der Waals surface area contributed by atoms with Crippen LogP contribution in [0.2, 0.25) is 0 Å². The van der Waals surface area contributed by atoms with E-state index in [1.165, 1.54) is 12.1 Å². The molecular weight excluding hydrogens is 312 g/mol. The molecule has 8 heteroatoms. The van der Waals surface area contributed by atoms with Gasteiger partial charge in [-0.15, -0.1) is 0 Å². The smallest absolute Gasteiger partial charge is 0.261 e. The van der Waals surface area contributed by atoms with Crippen LogP contribution < -0.4 is 0 Å². The number of piperidine rings is 1. The van der Waals surface area contributed by atoms with E-state index in [0.717, 1.165) is 4.31 Å². The molecule has 1 aliphatic rings. The van der Waals surface area contributed by atoms with E-state index in [0.29, 0.717) is 11.3 Å². The molecule has 0 spiro atoms. The lowest BCUT2D eigenvalue weighted by atomic mass is 10.1. The van der Waals surface area contributed by atoms with Gasteiger partial charge in [0.25, 0.3) is 5.92 Å². The van der Waals surface area contributed by atoms with Crippen molar-refractivity contribution in [3.63, 3.8) is 0 Å². The second kappa shape index (κ2) is 5.44. The van der Waals surface area contributed by atoms with E-state index in [4.69, 9.17) is 0 Å². The third-order valence-corrected chi connectivity index (χ3v) is 5.48. The van der Waals surface area contributed by atoms with Crippen LogP contribution in [0.25, 0.3) is 11.3 Å². The molecule has 22 heavy (non-hydrogen) atoms. The molecule has 0 atom stereocenters. The summed E-state index contributed by atoms with van der Waals surface area (Å²) in [6.07, 6.45) is 1.45. The highest BCUT2D eigenvalue weighted by Gasteiger charge is 2.40. The van der Waals surface area contributed by atoms with Gasteiger partial charge in [0.05, 0.1) is 17.1 Å². The van der Waals surface area contributed by atoms with E-state index in [1.54, 1.807) is 24.4 Å². The molecule has 1 aromatic heterocycles. The number of aromatic amines is 1. The number of sulfonamides is 1. The Morgan fingerprint density at radius 3 is 2.77 bits per heavy atom. The van der Waals surface area contributed by atoms with Gasteiger partial charge < -0.3 is 0 Å². The van der Waals surface area contributed by atoms with Gasteiger partial charge in [-0.05, 0) is 24.6 Å². The summed E-state index contributed by atoms with van der Waals surface area (Å²) < 4.78 is 53.0. The maximum Gasteiger partial charge on any atom is 0.261 e. The van der Waals surface area contributed by atoms with Gasteiger partial charge in [0.1, 0.15) is 0 Å². The second-order valence-electron chi connectivity index (χ2n) is 5.30. The van der Waals surface area contributed by atoms with Gasteiger partial charge in [0.2, 0.25) is 10.0 Å². The summed E-state index contributed by atoms with van der Waals surface area (Å²) in [5.41, 5.74) is 1.31. The average Bonchev–Trinajstić information content (AvgIpc) is 3.00. The van der Waals surface area contributed by atoms with E-state index < -0.39 is 22.5 Å². The summed E-state index contributed by atoms with van der Waals surface area (Å²) in [4.78, 5) is 0.0114. The highest BCUT2D eigenvalue weighted by molar-refractivity contribution is 7.89. The maximum atomic E-state index is 13.5. The van der Waals surface area contributed by atoms with E-state index in [-0.39, 0.29) is 24.3 Å². The summed E-state index contributed by atoms with van der Waals surface area (Å²) in [6, 6.07) is 7.92. The molecule has 2 heterocycles. The molecule has 0 bridgehead atoms. The first kappa shape index (κ1) is 15.1. The summed E-state index contributed by atoms with van der Waals surface area (Å²) >= 11 is 0. The monoisotopic (exact) mass is 327 g/mol. The quantitative estimate of drug-likeness (QED) is 0.942. The van der Waals surface area contributed by atoms with Crippen molar-refractivity contribution in [3.05, 3.63) is 36.5 Å². The fraction of sp³-hybridized carbons (Fsp3) is 0.357. The van der Waals surface area contributed by atoms with E-state index in [2.05, 4.69) is 10.2 Å². The fourth-order valence-electron chi connectivity index (χ4n) is 2.53. The number of hydrogen-bond donors (Lipinski definition) is 1. The van der Waals surface area contributed by atoms with Crippen molar-refractivity contribution in [2.45, 2.75) is 23.7 Å². The maximum absolute atomic E-state index is 13.5. The molecule has 2 aromatic rings. The van der Waals surface area contributed by atoms with E-state index in [1.807, 2.05) is 0 Å². The van der Waals surface area contributed by atoms with Crippen LogP contribution in [0, 0.1) is 0 Å². The Bertz CT molecular complexity index is 760. The number of nitrogens with one attached hydrogen (secondary N) is 1. The molecule has 118 valence electrons. The summed E-state index contributed by atoms with van der Waals surface area (Å²) in [5.74, 6) is -2.97. The van der Waals surface area contributed by atoms with Gasteiger partial charge in [-0.1, -0.05) is 12.1 Å². The number of halogens is 2. The first-order chi connectivity index (χ1) is 10.4. The van der Waals surface area contributed by atoms with Crippen molar-refractivity contribution in [3.8, 4) is 11.3 Å².